The van der Waals surface area contributed by atoms with Crippen molar-refractivity contribution in [3.8, 4) is 6.07 Å². The summed E-state index contributed by atoms with van der Waals surface area (Å²) in [6.45, 7) is 3.56. The molecule has 3 nitrogen and oxygen atoms in total. The number of nitriles is 1. The van der Waals surface area contributed by atoms with Gasteiger partial charge in [-0.05, 0) is 25.5 Å². The lowest BCUT2D eigenvalue weighted by Gasteiger charge is -2.07. The maximum absolute atomic E-state index is 13.5. The van der Waals surface area contributed by atoms with E-state index in [2.05, 4.69) is 16.0 Å². The van der Waals surface area contributed by atoms with Gasteiger partial charge in [0.2, 0.25) is 0 Å². The van der Waals surface area contributed by atoms with Crippen molar-refractivity contribution in [1.29, 1.82) is 5.26 Å². The van der Waals surface area contributed by atoms with Crippen molar-refractivity contribution in [2.45, 2.75) is 24.6 Å². The van der Waals surface area contributed by atoms with Gasteiger partial charge in [0.1, 0.15) is 28.3 Å². The molecule has 1 aromatic carbocycles. The fourth-order valence-corrected chi connectivity index (χ4v) is 2.74. The molecular formula is C14H12FN3S. The summed E-state index contributed by atoms with van der Waals surface area (Å²) in [5, 5.41) is 9.73. The SMILES string of the molecule is Cc1nc(C)c(C#N)c(SCc2ccccc2F)n1. The minimum atomic E-state index is -0.240. The van der Waals surface area contributed by atoms with E-state index in [1.165, 1.54) is 17.8 Å². The number of thioether (sulfide) groups is 1. The fourth-order valence-electron chi connectivity index (χ4n) is 1.68. The molecule has 0 amide bonds. The normalized spacial score (nSPS) is 10.2. The average molecular weight is 273 g/mol. The van der Waals surface area contributed by atoms with Gasteiger partial charge in [0.25, 0.3) is 0 Å². The van der Waals surface area contributed by atoms with Crippen molar-refractivity contribution in [2.24, 2.45) is 0 Å². The Labute approximate surface area is 115 Å². The number of rotatable bonds is 3. The van der Waals surface area contributed by atoms with E-state index in [9.17, 15) is 4.39 Å². The van der Waals surface area contributed by atoms with Gasteiger partial charge in [0, 0.05) is 5.75 Å². The van der Waals surface area contributed by atoms with Crippen molar-refractivity contribution in [1.82, 2.24) is 9.97 Å². The molecule has 0 unspecified atom stereocenters. The second-order valence-electron chi connectivity index (χ2n) is 4.03. The smallest absolute Gasteiger partial charge is 0.127 e. The quantitative estimate of drug-likeness (QED) is 0.635. The maximum Gasteiger partial charge on any atom is 0.127 e. The summed E-state index contributed by atoms with van der Waals surface area (Å²) in [6, 6.07) is 8.71. The van der Waals surface area contributed by atoms with Crippen LogP contribution in [0.4, 0.5) is 4.39 Å². The zero-order chi connectivity index (χ0) is 13.8. The Morgan fingerprint density at radius 3 is 2.68 bits per heavy atom. The standard InChI is InChI=1S/C14H12FN3S/c1-9-12(7-16)14(18-10(2)17-9)19-8-11-5-3-4-6-13(11)15/h3-6H,8H2,1-2H3. The van der Waals surface area contributed by atoms with Crippen molar-refractivity contribution >= 4 is 11.8 Å². The predicted octanol–water partition coefficient (Wildman–Crippen LogP) is 3.40. The van der Waals surface area contributed by atoms with Gasteiger partial charge in [-0.15, -0.1) is 11.8 Å². The molecule has 0 aliphatic carbocycles. The van der Waals surface area contributed by atoms with Crippen molar-refractivity contribution in [3.05, 3.63) is 52.7 Å². The summed E-state index contributed by atoms with van der Waals surface area (Å²) in [4.78, 5) is 8.41. The molecule has 2 rings (SSSR count). The van der Waals surface area contributed by atoms with Crippen LogP contribution in [-0.2, 0) is 5.75 Å². The van der Waals surface area contributed by atoms with Gasteiger partial charge in [-0.2, -0.15) is 5.26 Å². The third-order valence-electron chi connectivity index (χ3n) is 2.60. The first-order chi connectivity index (χ1) is 9.11. The molecule has 0 saturated heterocycles. The van der Waals surface area contributed by atoms with E-state index in [1.807, 2.05) is 0 Å². The summed E-state index contributed by atoms with van der Waals surface area (Å²) in [5.41, 5.74) is 1.73. The lowest BCUT2D eigenvalue weighted by molar-refractivity contribution is 0.617. The molecule has 0 radical (unpaired) electrons. The molecule has 0 bridgehead atoms. The average Bonchev–Trinajstić information content (AvgIpc) is 2.37. The van der Waals surface area contributed by atoms with Gasteiger partial charge in [-0.25, -0.2) is 14.4 Å². The van der Waals surface area contributed by atoms with Gasteiger partial charge in [-0.1, -0.05) is 18.2 Å². The highest BCUT2D eigenvalue weighted by Crippen LogP contribution is 2.26. The summed E-state index contributed by atoms with van der Waals surface area (Å²) in [5.74, 6) is 0.820. The highest BCUT2D eigenvalue weighted by atomic mass is 32.2. The number of hydrogen-bond donors (Lipinski definition) is 0. The second kappa shape index (κ2) is 5.81. The van der Waals surface area contributed by atoms with Crippen LogP contribution in [0.3, 0.4) is 0 Å². The molecule has 19 heavy (non-hydrogen) atoms. The molecule has 96 valence electrons. The Hall–Kier alpha value is -1.93. The first-order valence-corrected chi connectivity index (χ1v) is 6.72. The van der Waals surface area contributed by atoms with Crippen LogP contribution in [0.15, 0.2) is 29.3 Å². The number of hydrogen-bond acceptors (Lipinski definition) is 4. The van der Waals surface area contributed by atoms with Gasteiger partial charge in [0.05, 0.1) is 5.69 Å². The zero-order valence-corrected chi connectivity index (χ0v) is 11.5. The van der Waals surface area contributed by atoms with Crippen LogP contribution in [-0.4, -0.2) is 9.97 Å². The van der Waals surface area contributed by atoms with Crippen molar-refractivity contribution in [2.75, 3.05) is 0 Å². The molecule has 0 aliphatic heterocycles. The van der Waals surface area contributed by atoms with Crippen molar-refractivity contribution < 1.29 is 4.39 Å². The topological polar surface area (TPSA) is 49.6 Å². The van der Waals surface area contributed by atoms with Gasteiger partial charge >= 0.3 is 0 Å². The Bertz CT molecular complexity index is 650. The lowest BCUT2D eigenvalue weighted by Crippen LogP contribution is -1.99. The van der Waals surface area contributed by atoms with Gasteiger partial charge in [-0.3, -0.25) is 0 Å². The molecule has 5 heteroatoms. The minimum Gasteiger partial charge on any atom is -0.237 e. The molecule has 0 atom stereocenters. The van der Waals surface area contributed by atoms with Crippen LogP contribution in [0.2, 0.25) is 0 Å². The fraction of sp³-hybridized carbons (Fsp3) is 0.214. The Balaban J connectivity index is 2.25. The number of halogens is 1. The van der Waals surface area contributed by atoms with E-state index >= 15 is 0 Å². The lowest BCUT2D eigenvalue weighted by atomic mass is 10.2. The van der Waals surface area contributed by atoms with E-state index in [4.69, 9.17) is 5.26 Å². The van der Waals surface area contributed by atoms with Crippen LogP contribution in [0.1, 0.15) is 22.6 Å². The van der Waals surface area contributed by atoms with E-state index in [1.54, 1.807) is 32.0 Å². The highest BCUT2D eigenvalue weighted by Gasteiger charge is 2.11. The molecule has 1 aromatic heterocycles. The number of nitrogens with zero attached hydrogens (tertiary/aromatic N) is 3. The van der Waals surface area contributed by atoms with Crippen LogP contribution >= 0.6 is 11.8 Å². The molecule has 0 N–H and O–H groups in total. The molecule has 2 aromatic rings. The third kappa shape index (κ3) is 3.09. The highest BCUT2D eigenvalue weighted by molar-refractivity contribution is 7.98. The van der Waals surface area contributed by atoms with E-state index in [0.717, 1.165) is 0 Å². The summed E-state index contributed by atoms with van der Waals surface area (Å²) >= 11 is 1.35. The molecule has 0 aliphatic rings. The van der Waals surface area contributed by atoms with Gasteiger partial charge in [0.15, 0.2) is 0 Å². The Kier molecular flexibility index (Phi) is 4.13. The van der Waals surface area contributed by atoms with E-state index < -0.39 is 0 Å². The monoisotopic (exact) mass is 273 g/mol. The summed E-state index contributed by atoms with van der Waals surface area (Å²) in [6.07, 6.45) is 0. The van der Waals surface area contributed by atoms with Crippen molar-refractivity contribution in [3.63, 3.8) is 0 Å². The van der Waals surface area contributed by atoms with E-state index in [0.29, 0.717) is 33.4 Å². The summed E-state index contributed by atoms with van der Waals surface area (Å²) < 4.78 is 13.5. The second-order valence-corrected chi connectivity index (χ2v) is 4.99. The summed E-state index contributed by atoms with van der Waals surface area (Å²) in [7, 11) is 0. The van der Waals surface area contributed by atoms with Crippen LogP contribution < -0.4 is 0 Å². The Morgan fingerprint density at radius 2 is 2.00 bits per heavy atom. The third-order valence-corrected chi connectivity index (χ3v) is 3.63. The molecular weight excluding hydrogens is 261 g/mol. The first kappa shape index (κ1) is 13.5. The molecule has 0 fully saturated rings. The minimum absolute atomic E-state index is 0.240. The van der Waals surface area contributed by atoms with Crippen LogP contribution in [0.5, 0.6) is 0 Å². The zero-order valence-electron chi connectivity index (χ0n) is 10.6. The van der Waals surface area contributed by atoms with Crippen LogP contribution in [0.25, 0.3) is 0 Å². The largest absolute Gasteiger partial charge is 0.237 e. The molecule has 1 heterocycles. The number of benzene rings is 1. The van der Waals surface area contributed by atoms with Crippen LogP contribution in [0, 0.1) is 31.0 Å². The predicted molar refractivity (Wildman–Crippen MR) is 72.2 cm³/mol. The van der Waals surface area contributed by atoms with E-state index in [-0.39, 0.29) is 5.82 Å². The first-order valence-electron chi connectivity index (χ1n) is 5.73. The Morgan fingerprint density at radius 1 is 1.26 bits per heavy atom. The number of aromatic nitrogens is 2. The molecule has 0 spiro atoms. The van der Waals surface area contributed by atoms with Gasteiger partial charge < -0.3 is 0 Å². The number of aryl methyl sites for hydroxylation is 2. The maximum atomic E-state index is 13.5. The molecule has 0 saturated carbocycles.